The van der Waals surface area contributed by atoms with Crippen molar-refractivity contribution in [2.75, 3.05) is 6.61 Å². The van der Waals surface area contributed by atoms with Gasteiger partial charge in [0.15, 0.2) is 0 Å². The maximum atomic E-state index is 14.2. The minimum Gasteiger partial charge on any atom is -0.463 e. The van der Waals surface area contributed by atoms with E-state index in [4.69, 9.17) is 10.00 Å². The lowest BCUT2D eigenvalue weighted by atomic mass is 9.61. The highest BCUT2D eigenvalue weighted by Crippen LogP contribution is 2.49. The molecule has 40 heavy (non-hydrogen) atoms. The third-order valence-corrected chi connectivity index (χ3v) is 11.0. The first kappa shape index (κ1) is 29.1. The van der Waals surface area contributed by atoms with Crippen LogP contribution in [0.1, 0.15) is 115 Å². The molecule has 1 heterocycles. The molecule has 1 aromatic heterocycles. The van der Waals surface area contributed by atoms with Gasteiger partial charge in [-0.3, -0.25) is 4.79 Å². The molecule has 5 rings (SSSR count). The number of nitrogens with one attached hydrogen (secondary N) is 2. The number of esters is 1. The van der Waals surface area contributed by atoms with Crippen LogP contribution in [0.5, 0.6) is 0 Å². The molecule has 0 saturated heterocycles. The van der Waals surface area contributed by atoms with Crippen LogP contribution in [0.25, 0.3) is 0 Å². The zero-order chi connectivity index (χ0) is 27.7. The van der Waals surface area contributed by atoms with Gasteiger partial charge in [0.05, 0.1) is 18.8 Å². The molecule has 2 N–H and O–H groups in total. The highest BCUT2D eigenvalue weighted by molar-refractivity contribution is 5.86. The van der Waals surface area contributed by atoms with E-state index in [1.165, 1.54) is 89.9 Å². The molecule has 1 aromatic rings. The second-order valence-electron chi connectivity index (χ2n) is 13.4. The molecule has 4 saturated carbocycles. The van der Waals surface area contributed by atoms with E-state index in [2.05, 4.69) is 15.3 Å². The van der Waals surface area contributed by atoms with Crippen molar-refractivity contribution in [1.29, 1.82) is 5.26 Å². The number of ether oxygens (including phenoxy) is 1. The van der Waals surface area contributed by atoms with Crippen LogP contribution in [0.3, 0.4) is 0 Å². The quantitative estimate of drug-likeness (QED) is 0.241. The summed E-state index contributed by atoms with van der Waals surface area (Å²) in [5, 5.41) is 12.1. The maximum absolute atomic E-state index is 14.2. The first-order valence-corrected chi connectivity index (χ1v) is 16.4. The number of H-pyrrole nitrogens is 1. The van der Waals surface area contributed by atoms with E-state index < -0.39 is 12.0 Å². The van der Waals surface area contributed by atoms with Crippen LogP contribution in [0.4, 0.5) is 0 Å². The number of amides is 1. The average molecular weight is 551 g/mol. The first-order chi connectivity index (χ1) is 19.6. The molecular weight excluding hydrogens is 500 g/mol. The molecule has 0 radical (unpaired) electrons. The van der Waals surface area contributed by atoms with Gasteiger partial charge in [0.2, 0.25) is 5.91 Å². The monoisotopic (exact) mass is 550 g/mol. The number of aromatic amines is 1. The summed E-state index contributed by atoms with van der Waals surface area (Å²) in [7, 11) is 0. The van der Waals surface area contributed by atoms with Crippen molar-refractivity contribution in [3.8, 4) is 6.07 Å². The highest BCUT2D eigenvalue weighted by atomic mass is 16.5. The molecule has 7 heteroatoms. The van der Waals surface area contributed by atoms with Gasteiger partial charge >= 0.3 is 5.97 Å². The summed E-state index contributed by atoms with van der Waals surface area (Å²) >= 11 is 0. The van der Waals surface area contributed by atoms with Gasteiger partial charge in [0.25, 0.3) is 0 Å². The molecule has 7 atom stereocenters. The Kier molecular flexibility index (Phi) is 10.6. The van der Waals surface area contributed by atoms with Gasteiger partial charge < -0.3 is 15.0 Å². The van der Waals surface area contributed by atoms with Crippen LogP contribution in [0.2, 0.25) is 0 Å². The molecule has 0 spiro atoms. The van der Waals surface area contributed by atoms with Crippen molar-refractivity contribution >= 4 is 11.9 Å². The number of nitrogens with zero attached hydrogens (tertiary/aromatic N) is 2. The molecule has 0 aliphatic heterocycles. The van der Waals surface area contributed by atoms with Crippen molar-refractivity contribution < 1.29 is 14.3 Å². The van der Waals surface area contributed by atoms with E-state index in [9.17, 15) is 9.59 Å². The first-order valence-electron chi connectivity index (χ1n) is 16.4. The van der Waals surface area contributed by atoms with E-state index in [0.29, 0.717) is 18.3 Å². The SMILES string of the molecule is N#CCCOC(=O)[C@H](Cc1cnc[nH]1)NC(=O)C(CC1CCCC2CCCCC21)CC1CCCC2CCCCC21. The van der Waals surface area contributed by atoms with Crippen LogP contribution in [0.15, 0.2) is 12.5 Å². The zero-order valence-electron chi connectivity index (χ0n) is 24.3. The topological polar surface area (TPSA) is 108 Å². The Morgan fingerprint density at radius 3 is 2.10 bits per heavy atom. The van der Waals surface area contributed by atoms with Gasteiger partial charge in [-0.1, -0.05) is 77.0 Å². The highest BCUT2D eigenvalue weighted by Gasteiger charge is 2.41. The Morgan fingerprint density at radius 1 is 0.925 bits per heavy atom. The van der Waals surface area contributed by atoms with Gasteiger partial charge in [-0.25, -0.2) is 9.78 Å². The number of fused-ring (bicyclic) bond motifs is 2. The number of hydrogen-bond acceptors (Lipinski definition) is 5. The third-order valence-electron chi connectivity index (χ3n) is 11.0. The lowest BCUT2D eigenvalue weighted by Gasteiger charge is -2.45. The van der Waals surface area contributed by atoms with Crippen LogP contribution >= 0.6 is 0 Å². The van der Waals surface area contributed by atoms with E-state index in [1.54, 1.807) is 12.5 Å². The number of hydrogen-bond donors (Lipinski definition) is 2. The molecule has 0 bridgehead atoms. The van der Waals surface area contributed by atoms with E-state index >= 15 is 0 Å². The predicted molar refractivity (Wildman–Crippen MR) is 154 cm³/mol. The second kappa shape index (κ2) is 14.5. The summed E-state index contributed by atoms with van der Waals surface area (Å²) in [6.07, 6.45) is 24.3. The molecule has 4 aliphatic carbocycles. The van der Waals surface area contributed by atoms with Crippen LogP contribution < -0.4 is 5.32 Å². The Balaban J connectivity index is 1.32. The Labute approximate surface area is 240 Å². The predicted octanol–water partition coefficient (Wildman–Crippen LogP) is 6.50. The van der Waals surface area contributed by atoms with Gasteiger partial charge in [-0.05, 0) is 61.2 Å². The summed E-state index contributed by atoms with van der Waals surface area (Å²) in [4.78, 5) is 34.4. The van der Waals surface area contributed by atoms with Gasteiger partial charge in [-0.2, -0.15) is 5.26 Å². The van der Waals surface area contributed by atoms with Crippen LogP contribution in [-0.4, -0.2) is 34.5 Å². The smallest absolute Gasteiger partial charge is 0.329 e. The Morgan fingerprint density at radius 2 is 1.52 bits per heavy atom. The van der Waals surface area contributed by atoms with Crippen LogP contribution in [0, 0.1) is 52.8 Å². The standard InChI is InChI=1S/C33H50N4O3/c34-16-7-17-40-33(39)31(20-28-21-35-22-36-28)37-32(38)27(18-25-12-5-10-23-8-1-3-14-29(23)25)19-26-13-6-11-24-9-2-4-15-30(24)26/h21-27,29-31H,1-15,17-20H2,(H,35,36)(H,37,38)/t23?,24?,25?,26?,27?,29?,30?,31-/m0/s1. The normalized spacial score (nSPS) is 31.6. The second-order valence-corrected chi connectivity index (χ2v) is 13.4. The largest absolute Gasteiger partial charge is 0.463 e. The molecule has 6 unspecified atom stereocenters. The maximum Gasteiger partial charge on any atom is 0.329 e. The summed E-state index contributed by atoms with van der Waals surface area (Å²) in [6, 6.07) is 1.24. The fraction of sp³-hybridized carbons (Fsp3) is 0.818. The van der Waals surface area contributed by atoms with E-state index in [1.807, 2.05) is 6.07 Å². The lowest BCUT2D eigenvalue weighted by molar-refractivity contribution is -0.148. The van der Waals surface area contributed by atoms with Crippen molar-refractivity contribution in [2.24, 2.45) is 41.4 Å². The van der Waals surface area contributed by atoms with Crippen molar-refractivity contribution in [3.05, 3.63) is 18.2 Å². The van der Waals surface area contributed by atoms with Crippen molar-refractivity contribution in [3.63, 3.8) is 0 Å². The summed E-state index contributed by atoms with van der Waals surface area (Å²) in [6.45, 7) is 0.0460. The molecule has 0 aromatic carbocycles. The minimum atomic E-state index is -0.781. The molecule has 7 nitrogen and oxygen atoms in total. The molecule has 1 amide bonds. The van der Waals surface area contributed by atoms with Crippen molar-refractivity contribution in [2.45, 2.75) is 122 Å². The number of nitriles is 1. The minimum absolute atomic E-state index is 0.0256. The Hall–Kier alpha value is -2.36. The van der Waals surface area contributed by atoms with Gasteiger partial charge in [-0.15, -0.1) is 0 Å². The summed E-state index contributed by atoms with van der Waals surface area (Å²) in [5.41, 5.74) is 0.786. The summed E-state index contributed by atoms with van der Waals surface area (Å²) in [5.74, 6) is 3.96. The third kappa shape index (κ3) is 7.47. The van der Waals surface area contributed by atoms with E-state index in [-0.39, 0.29) is 24.9 Å². The number of rotatable bonds is 11. The molecule has 220 valence electrons. The van der Waals surface area contributed by atoms with Gasteiger partial charge in [0.1, 0.15) is 12.6 Å². The lowest BCUT2D eigenvalue weighted by Crippen LogP contribution is -2.47. The zero-order valence-corrected chi connectivity index (χ0v) is 24.3. The van der Waals surface area contributed by atoms with Crippen molar-refractivity contribution in [1.82, 2.24) is 15.3 Å². The number of carbonyl (C=O) groups excluding carboxylic acids is 2. The molecule has 4 aliphatic rings. The molecule has 4 fully saturated rings. The number of carbonyl (C=O) groups is 2. The fourth-order valence-corrected chi connectivity index (χ4v) is 9.17. The number of aromatic nitrogens is 2. The number of imidazole rings is 1. The Bertz CT molecular complexity index is 948. The average Bonchev–Trinajstić information content (AvgIpc) is 3.50. The van der Waals surface area contributed by atoms with E-state index in [0.717, 1.165) is 42.2 Å². The summed E-state index contributed by atoms with van der Waals surface area (Å²) < 4.78 is 5.40. The van der Waals surface area contributed by atoms with Gasteiger partial charge in [0, 0.05) is 24.2 Å². The fourth-order valence-electron chi connectivity index (χ4n) is 9.17. The molecular formula is C33H50N4O3. The van der Waals surface area contributed by atoms with Crippen LogP contribution in [-0.2, 0) is 20.7 Å².